The summed E-state index contributed by atoms with van der Waals surface area (Å²) in [6.45, 7) is 8.21. The zero-order valence-electron chi connectivity index (χ0n) is 16.8. The fourth-order valence-electron chi connectivity index (χ4n) is 3.63. The smallest absolute Gasteiger partial charge is 0.290 e. The van der Waals surface area contributed by atoms with Crippen LogP contribution in [0.1, 0.15) is 48.6 Å². The summed E-state index contributed by atoms with van der Waals surface area (Å²) in [5, 5.41) is 10.6. The lowest BCUT2D eigenvalue weighted by Crippen LogP contribution is -2.31. The number of hydrogen-bond donors (Lipinski definition) is 1. The number of Topliss-reactive ketones (excluding diaryl/α,β-unsaturated/α-hetero) is 1. The molecule has 1 aliphatic heterocycles. The molecule has 0 saturated heterocycles. The molecule has 1 atom stereocenters. The van der Waals surface area contributed by atoms with Crippen molar-refractivity contribution in [2.45, 2.75) is 46.7 Å². The zero-order valence-corrected chi connectivity index (χ0v) is 16.8. The molecular weight excluding hydrogens is 352 g/mol. The van der Waals surface area contributed by atoms with Crippen molar-refractivity contribution in [1.29, 1.82) is 0 Å². The van der Waals surface area contributed by atoms with Gasteiger partial charge in [0.1, 0.15) is 0 Å². The van der Waals surface area contributed by atoms with Gasteiger partial charge in [-0.3, -0.25) is 14.6 Å². The van der Waals surface area contributed by atoms with E-state index < -0.39 is 17.7 Å². The van der Waals surface area contributed by atoms with Gasteiger partial charge in [-0.1, -0.05) is 37.6 Å². The third-order valence-corrected chi connectivity index (χ3v) is 5.06. The Hall–Kier alpha value is -2.95. The van der Waals surface area contributed by atoms with E-state index in [2.05, 4.69) is 4.98 Å². The minimum absolute atomic E-state index is 0.133. The molecule has 5 heteroatoms. The van der Waals surface area contributed by atoms with Crippen molar-refractivity contribution in [3.05, 3.63) is 76.3 Å². The highest BCUT2D eigenvalue weighted by atomic mass is 16.3. The molecule has 1 aromatic carbocycles. The largest absolute Gasteiger partial charge is 0.503 e. The van der Waals surface area contributed by atoms with Crippen LogP contribution in [-0.4, -0.2) is 26.7 Å². The van der Waals surface area contributed by atoms with Crippen molar-refractivity contribution in [2.24, 2.45) is 5.92 Å². The number of ketones is 1. The Balaban J connectivity index is 2.05. The number of nitrogens with zero attached hydrogens (tertiary/aromatic N) is 2. The number of aliphatic hydroxyl groups is 1. The molecule has 1 N–H and O–H groups in total. The molecule has 5 nitrogen and oxygen atoms in total. The Bertz CT molecular complexity index is 932. The van der Waals surface area contributed by atoms with Crippen molar-refractivity contribution in [1.82, 2.24) is 9.88 Å². The van der Waals surface area contributed by atoms with Gasteiger partial charge in [0.25, 0.3) is 5.91 Å². The molecule has 0 spiro atoms. The molecule has 0 aliphatic carbocycles. The van der Waals surface area contributed by atoms with Crippen molar-refractivity contribution in [3.8, 4) is 0 Å². The molecule has 1 aliphatic rings. The normalized spacial score (nSPS) is 17.0. The van der Waals surface area contributed by atoms with Gasteiger partial charge in [0, 0.05) is 25.4 Å². The van der Waals surface area contributed by atoms with Crippen molar-refractivity contribution < 1.29 is 14.7 Å². The SMILES string of the molecule is Cc1ccc(C)c(CN2C(=O)C(O)=C(C(=O)CC(C)C)C2c2ccncc2)c1. The maximum Gasteiger partial charge on any atom is 0.290 e. The van der Waals surface area contributed by atoms with Crippen LogP contribution >= 0.6 is 0 Å². The maximum absolute atomic E-state index is 12.9. The summed E-state index contributed by atoms with van der Waals surface area (Å²) in [4.78, 5) is 31.5. The molecular formula is C23H26N2O3. The minimum Gasteiger partial charge on any atom is -0.503 e. The average Bonchev–Trinajstić information content (AvgIpc) is 2.90. The number of benzene rings is 1. The fraction of sp³-hybridized carbons (Fsp3) is 0.348. The third-order valence-electron chi connectivity index (χ3n) is 5.06. The second kappa shape index (κ2) is 7.97. The summed E-state index contributed by atoms with van der Waals surface area (Å²) in [6.07, 6.45) is 3.55. The zero-order chi connectivity index (χ0) is 20.4. The second-order valence-electron chi connectivity index (χ2n) is 7.83. The van der Waals surface area contributed by atoms with Crippen LogP contribution in [0.15, 0.2) is 54.1 Å². The molecule has 1 aromatic heterocycles. The van der Waals surface area contributed by atoms with Crippen LogP contribution in [0.2, 0.25) is 0 Å². The number of pyridine rings is 1. The van der Waals surface area contributed by atoms with E-state index in [1.54, 1.807) is 29.4 Å². The number of hydrogen-bond acceptors (Lipinski definition) is 4. The van der Waals surface area contributed by atoms with Gasteiger partial charge in [-0.05, 0) is 48.6 Å². The van der Waals surface area contributed by atoms with Crippen molar-refractivity contribution in [3.63, 3.8) is 0 Å². The van der Waals surface area contributed by atoms with Gasteiger partial charge in [0.15, 0.2) is 11.5 Å². The van der Waals surface area contributed by atoms with Gasteiger partial charge in [-0.25, -0.2) is 0 Å². The van der Waals surface area contributed by atoms with E-state index in [0.29, 0.717) is 6.54 Å². The van der Waals surface area contributed by atoms with Gasteiger partial charge in [0.2, 0.25) is 0 Å². The average molecular weight is 378 g/mol. The Kier molecular flexibility index (Phi) is 5.63. The summed E-state index contributed by atoms with van der Waals surface area (Å²) >= 11 is 0. The maximum atomic E-state index is 12.9. The summed E-state index contributed by atoms with van der Waals surface area (Å²) in [6, 6.07) is 9.05. The molecule has 1 unspecified atom stereocenters. The van der Waals surface area contributed by atoms with Gasteiger partial charge >= 0.3 is 0 Å². The molecule has 2 heterocycles. The number of aryl methyl sites for hydroxylation is 2. The quantitative estimate of drug-likeness (QED) is 0.817. The predicted octanol–water partition coefficient (Wildman–Crippen LogP) is 4.21. The topological polar surface area (TPSA) is 70.5 Å². The summed E-state index contributed by atoms with van der Waals surface area (Å²) < 4.78 is 0. The van der Waals surface area contributed by atoms with Crippen LogP contribution in [0.25, 0.3) is 0 Å². The lowest BCUT2D eigenvalue weighted by atomic mass is 9.92. The highest BCUT2D eigenvalue weighted by Gasteiger charge is 2.43. The van der Waals surface area contributed by atoms with Crippen molar-refractivity contribution >= 4 is 11.7 Å². The Labute approximate surface area is 165 Å². The number of carbonyl (C=O) groups excluding carboxylic acids is 2. The molecule has 0 saturated carbocycles. The number of carbonyl (C=O) groups is 2. The first-order valence-electron chi connectivity index (χ1n) is 9.53. The van der Waals surface area contributed by atoms with Crippen LogP contribution < -0.4 is 0 Å². The van der Waals surface area contributed by atoms with Gasteiger partial charge in [-0.15, -0.1) is 0 Å². The molecule has 0 radical (unpaired) electrons. The molecule has 2 aromatic rings. The second-order valence-corrected chi connectivity index (χ2v) is 7.83. The molecule has 3 rings (SSSR count). The van der Waals surface area contributed by atoms with E-state index in [4.69, 9.17) is 0 Å². The first-order valence-corrected chi connectivity index (χ1v) is 9.53. The van der Waals surface area contributed by atoms with Gasteiger partial charge < -0.3 is 10.0 Å². The van der Waals surface area contributed by atoms with Gasteiger partial charge in [0.05, 0.1) is 11.6 Å². The van der Waals surface area contributed by atoms with Crippen LogP contribution in [-0.2, 0) is 16.1 Å². The molecule has 1 amide bonds. The van der Waals surface area contributed by atoms with E-state index >= 15 is 0 Å². The number of amides is 1. The van der Waals surface area contributed by atoms with E-state index in [1.807, 2.05) is 45.9 Å². The Morgan fingerprint density at radius 1 is 1.18 bits per heavy atom. The Morgan fingerprint density at radius 3 is 2.50 bits per heavy atom. The fourth-order valence-corrected chi connectivity index (χ4v) is 3.63. The van der Waals surface area contributed by atoms with Crippen LogP contribution in [0, 0.1) is 19.8 Å². The van der Waals surface area contributed by atoms with Crippen molar-refractivity contribution in [2.75, 3.05) is 0 Å². The number of aromatic nitrogens is 1. The summed E-state index contributed by atoms with van der Waals surface area (Å²) in [5.74, 6) is -0.993. The standard InChI is InChI=1S/C23H26N2O3/c1-14(2)11-19(26)20-21(17-7-9-24-10-8-17)25(23(28)22(20)27)13-18-12-15(3)5-6-16(18)4/h5-10,12,14,21,27H,11,13H2,1-4H3. The Morgan fingerprint density at radius 2 is 1.86 bits per heavy atom. The molecule has 0 bridgehead atoms. The number of aliphatic hydroxyl groups excluding tert-OH is 1. The van der Waals surface area contributed by atoms with E-state index in [-0.39, 0.29) is 23.7 Å². The predicted molar refractivity (Wildman–Crippen MR) is 108 cm³/mol. The third kappa shape index (κ3) is 3.84. The highest BCUT2D eigenvalue weighted by molar-refractivity contribution is 6.09. The molecule has 0 fully saturated rings. The van der Waals surface area contributed by atoms with Crippen LogP contribution in [0.5, 0.6) is 0 Å². The lowest BCUT2D eigenvalue weighted by Gasteiger charge is -2.27. The highest BCUT2D eigenvalue weighted by Crippen LogP contribution is 2.39. The summed E-state index contributed by atoms with van der Waals surface area (Å²) in [7, 11) is 0. The van der Waals surface area contributed by atoms with E-state index in [9.17, 15) is 14.7 Å². The summed E-state index contributed by atoms with van der Waals surface area (Å²) in [5.41, 5.74) is 4.12. The first-order chi connectivity index (χ1) is 13.3. The molecule has 146 valence electrons. The van der Waals surface area contributed by atoms with E-state index in [1.165, 1.54) is 0 Å². The van der Waals surface area contributed by atoms with E-state index in [0.717, 1.165) is 22.3 Å². The minimum atomic E-state index is -0.610. The van der Waals surface area contributed by atoms with Gasteiger partial charge in [-0.2, -0.15) is 0 Å². The number of rotatable bonds is 6. The molecule has 28 heavy (non-hydrogen) atoms. The first kappa shape index (κ1) is 19.8. The van der Waals surface area contributed by atoms with Crippen LogP contribution in [0.4, 0.5) is 0 Å². The van der Waals surface area contributed by atoms with Crippen LogP contribution in [0.3, 0.4) is 0 Å². The lowest BCUT2D eigenvalue weighted by molar-refractivity contribution is -0.130. The monoisotopic (exact) mass is 378 g/mol.